The zero-order chi connectivity index (χ0) is 11.7. The fourth-order valence-corrected chi connectivity index (χ4v) is 6.65. The molecule has 0 saturated carbocycles. The molecule has 2 aromatic rings. The first-order valence-corrected chi connectivity index (χ1v) is 8.94. The van der Waals surface area contributed by atoms with E-state index in [0.717, 1.165) is 0 Å². The Labute approximate surface area is 113 Å². The summed E-state index contributed by atoms with van der Waals surface area (Å²) in [4.78, 5) is 0. The van der Waals surface area contributed by atoms with Gasteiger partial charge in [0.15, 0.2) is 0 Å². The highest BCUT2D eigenvalue weighted by Gasteiger charge is 2.09. The molecule has 0 bridgehead atoms. The largest absolute Gasteiger partial charge is 0.136 e. The van der Waals surface area contributed by atoms with Crippen molar-refractivity contribution in [3.63, 3.8) is 0 Å². The van der Waals surface area contributed by atoms with Gasteiger partial charge in [0.25, 0.3) is 0 Å². The number of thiophene rings is 2. The first kappa shape index (κ1) is 12.6. The van der Waals surface area contributed by atoms with Gasteiger partial charge in [0.1, 0.15) is 0 Å². The third kappa shape index (κ3) is 2.50. The Morgan fingerprint density at radius 1 is 0.750 bits per heavy atom. The van der Waals surface area contributed by atoms with E-state index in [1.807, 2.05) is 44.3 Å². The van der Waals surface area contributed by atoms with Crippen LogP contribution in [0, 0.1) is 27.7 Å². The molecule has 0 aliphatic heterocycles. The van der Waals surface area contributed by atoms with Crippen LogP contribution >= 0.6 is 44.3 Å². The van der Waals surface area contributed by atoms with Gasteiger partial charge < -0.3 is 0 Å². The summed E-state index contributed by atoms with van der Waals surface area (Å²) in [6.07, 6.45) is 0. The molecule has 2 rings (SSSR count). The van der Waals surface area contributed by atoms with Crippen LogP contribution in [0.15, 0.2) is 19.2 Å². The molecule has 0 aromatic carbocycles. The van der Waals surface area contributed by atoms with Crippen LogP contribution in [-0.4, -0.2) is 0 Å². The van der Waals surface area contributed by atoms with Crippen molar-refractivity contribution in [3.05, 3.63) is 33.0 Å². The predicted octanol–water partition coefficient (Wildman–Crippen LogP) is 5.84. The molecule has 2 heterocycles. The summed E-state index contributed by atoms with van der Waals surface area (Å²) in [5.74, 6) is 0. The topological polar surface area (TPSA) is 0 Å². The van der Waals surface area contributed by atoms with E-state index in [1.165, 1.54) is 30.7 Å². The van der Waals surface area contributed by atoms with Crippen molar-refractivity contribution in [1.29, 1.82) is 0 Å². The molecule has 16 heavy (non-hydrogen) atoms. The summed E-state index contributed by atoms with van der Waals surface area (Å²) in [6, 6.07) is 0. The minimum Gasteiger partial charge on any atom is -0.136 e. The number of aryl methyl sites for hydroxylation is 2. The molecule has 2 aromatic heterocycles. The number of hydrogen-bond acceptors (Lipinski definition) is 4. The van der Waals surface area contributed by atoms with Crippen LogP contribution in [0.5, 0.6) is 0 Å². The highest BCUT2D eigenvalue weighted by atomic mass is 33.1. The van der Waals surface area contributed by atoms with Crippen molar-refractivity contribution < 1.29 is 0 Å². The summed E-state index contributed by atoms with van der Waals surface area (Å²) < 4.78 is 2.88. The van der Waals surface area contributed by atoms with Gasteiger partial charge in [0, 0.05) is 0 Å². The van der Waals surface area contributed by atoms with Crippen LogP contribution in [0.3, 0.4) is 0 Å². The van der Waals surface area contributed by atoms with Gasteiger partial charge in [0.2, 0.25) is 0 Å². The van der Waals surface area contributed by atoms with Gasteiger partial charge in [-0.2, -0.15) is 0 Å². The highest BCUT2D eigenvalue weighted by molar-refractivity contribution is 8.77. The van der Waals surface area contributed by atoms with E-state index in [4.69, 9.17) is 0 Å². The van der Waals surface area contributed by atoms with E-state index in [0.29, 0.717) is 0 Å². The van der Waals surface area contributed by atoms with E-state index >= 15 is 0 Å². The van der Waals surface area contributed by atoms with Crippen molar-refractivity contribution in [1.82, 2.24) is 0 Å². The van der Waals surface area contributed by atoms with Gasteiger partial charge in [-0.1, -0.05) is 0 Å². The Bertz CT molecular complexity index is 447. The minimum absolute atomic E-state index is 1.41. The maximum Gasteiger partial charge on any atom is 0.0741 e. The van der Waals surface area contributed by atoms with Crippen LogP contribution in [-0.2, 0) is 0 Å². The molecule has 0 fully saturated rings. The predicted molar refractivity (Wildman–Crippen MR) is 79.3 cm³/mol. The van der Waals surface area contributed by atoms with E-state index in [1.54, 1.807) is 0 Å². The normalized spacial score (nSPS) is 11.0. The van der Waals surface area contributed by atoms with E-state index in [2.05, 4.69) is 38.5 Å². The molecule has 0 aliphatic rings. The van der Waals surface area contributed by atoms with Crippen LogP contribution < -0.4 is 0 Å². The molecule has 0 spiro atoms. The van der Waals surface area contributed by atoms with Crippen LogP contribution in [0.25, 0.3) is 0 Å². The summed E-state index contributed by atoms with van der Waals surface area (Å²) in [7, 11) is 3.79. The molecule has 0 N–H and O–H groups in total. The van der Waals surface area contributed by atoms with Crippen molar-refractivity contribution in [2.24, 2.45) is 0 Å². The second-order valence-corrected chi connectivity index (χ2v) is 8.25. The summed E-state index contributed by atoms with van der Waals surface area (Å²) in [5.41, 5.74) is 5.70. The first-order chi connectivity index (χ1) is 7.59. The first-order valence-electron chi connectivity index (χ1n) is 5.03. The van der Waals surface area contributed by atoms with E-state index in [-0.39, 0.29) is 0 Å². The Morgan fingerprint density at radius 2 is 1.12 bits per heavy atom. The molecule has 4 heteroatoms. The lowest BCUT2D eigenvalue weighted by molar-refractivity contribution is 1.33. The van der Waals surface area contributed by atoms with Crippen LogP contribution in [0.1, 0.15) is 22.3 Å². The fourth-order valence-electron chi connectivity index (χ4n) is 1.20. The number of hydrogen-bond donors (Lipinski definition) is 0. The molecule has 0 aliphatic carbocycles. The Hall–Kier alpha value is 0.1000. The fraction of sp³-hybridized carbons (Fsp3) is 0.333. The average Bonchev–Trinajstić information content (AvgIpc) is 2.74. The van der Waals surface area contributed by atoms with Gasteiger partial charge in [0.05, 0.1) is 8.42 Å². The third-order valence-electron chi connectivity index (χ3n) is 2.67. The quantitative estimate of drug-likeness (QED) is 0.650. The maximum absolute atomic E-state index is 2.24. The Morgan fingerprint density at radius 3 is 1.38 bits per heavy atom. The van der Waals surface area contributed by atoms with Crippen molar-refractivity contribution in [2.45, 2.75) is 36.1 Å². The van der Waals surface area contributed by atoms with Crippen LogP contribution in [0.2, 0.25) is 0 Å². The molecular weight excluding hydrogens is 272 g/mol. The third-order valence-corrected chi connectivity index (χ3v) is 8.62. The SMILES string of the molecule is Cc1csc(SSc2scc(C)c2C)c1C. The zero-order valence-electron chi connectivity index (χ0n) is 9.79. The lowest BCUT2D eigenvalue weighted by Crippen LogP contribution is -1.73. The standard InChI is InChI=1S/C12H14S4/c1-7-5-13-11(9(7)3)15-16-12-10(4)8(2)6-14-12/h5-6H,1-4H3. The molecular formula is C12H14S4. The van der Waals surface area contributed by atoms with E-state index in [9.17, 15) is 0 Å². The zero-order valence-corrected chi connectivity index (χ0v) is 13.1. The molecule has 0 amide bonds. The van der Waals surface area contributed by atoms with Gasteiger partial charge in [-0.25, -0.2) is 0 Å². The molecule has 0 nitrogen and oxygen atoms in total. The smallest absolute Gasteiger partial charge is 0.0741 e. The minimum atomic E-state index is 1.41. The molecule has 0 atom stereocenters. The second kappa shape index (κ2) is 5.17. The van der Waals surface area contributed by atoms with Crippen molar-refractivity contribution >= 4 is 44.3 Å². The summed E-state index contributed by atoms with van der Waals surface area (Å²) in [5, 5.41) is 4.48. The van der Waals surface area contributed by atoms with Crippen LogP contribution in [0.4, 0.5) is 0 Å². The summed E-state index contributed by atoms with van der Waals surface area (Å²) >= 11 is 3.71. The highest BCUT2D eigenvalue weighted by Crippen LogP contribution is 2.46. The monoisotopic (exact) mass is 286 g/mol. The maximum atomic E-state index is 2.24. The van der Waals surface area contributed by atoms with Crippen molar-refractivity contribution in [3.8, 4) is 0 Å². The van der Waals surface area contributed by atoms with Gasteiger partial charge >= 0.3 is 0 Å². The Kier molecular flexibility index (Phi) is 4.06. The summed E-state index contributed by atoms with van der Waals surface area (Å²) in [6.45, 7) is 8.78. The van der Waals surface area contributed by atoms with Gasteiger partial charge in [-0.3, -0.25) is 0 Å². The second-order valence-electron chi connectivity index (χ2n) is 3.83. The van der Waals surface area contributed by atoms with E-state index < -0.39 is 0 Å². The number of rotatable bonds is 3. The lowest BCUT2D eigenvalue weighted by Gasteiger charge is -1.99. The molecule has 86 valence electrons. The van der Waals surface area contributed by atoms with Gasteiger partial charge in [-0.15, -0.1) is 22.7 Å². The average molecular weight is 287 g/mol. The van der Waals surface area contributed by atoms with Gasteiger partial charge in [-0.05, 0) is 82.3 Å². The Balaban J connectivity index is 2.08. The van der Waals surface area contributed by atoms with Crippen molar-refractivity contribution in [2.75, 3.05) is 0 Å². The lowest BCUT2D eigenvalue weighted by atomic mass is 10.2. The molecule has 0 saturated heterocycles. The molecule has 0 unspecified atom stereocenters. The molecule has 0 radical (unpaired) electrons.